The highest BCUT2D eigenvalue weighted by Crippen LogP contribution is 2.15. The van der Waals surface area contributed by atoms with Crippen molar-refractivity contribution < 1.29 is 20.6 Å². The van der Waals surface area contributed by atoms with Crippen LogP contribution in [0.1, 0.15) is 153 Å². The molecule has 1 rings (SSSR count). The standard InChI is InChI=1S/C24H51N.C7H5NO4/c1-24(2)22-20-18-16-14-12-10-8-6-4-3-5-7-9-11-13-15-17-19-21-23-25;9-7(10)5-1-3-6(4-2-5)8(11)12/h24H,3-23,25H2,1-2H3;1-4H,(H,9,10). The Hall–Kier alpha value is -1.95. The van der Waals surface area contributed by atoms with Crippen LogP contribution in [0.4, 0.5) is 5.69 Å². The van der Waals surface area contributed by atoms with Crippen LogP contribution in [0.2, 0.25) is 0 Å². The van der Waals surface area contributed by atoms with Crippen molar-refractivity contribution in [2.45, 2.75) is 142 Å². The minimum Gasteiger partial charge on any atom is -0.545 e. The number of rotatable bonds is 23. The lowest BCUT2D eigenvalue weighted by Gasteiger charge is -2.05. The maximum Gasteiger partial charge on any atom is 0.269 e. The zero-order valence-corrected chi connectivity index (χ0v) is 24.0. The Bertz CT molecular complexity index is 629. The van der Waals surface area contributed by atoms with Gasteiger partial charge in [-0.25, -0.2) is 0 Å². The van der Waals surface area contributed by atoms with E-state index in [1.54, 1.807) is 0 Å². The fraction of sp³-hybridized carbons (Fsp3) is 0.774. The van der Waals surface area contributed by atoms with Gasteiger partial charge in [0.15, 0.2) is 0 Å². The molecule has 214 valence electrons. The number of nitrogens with zero attached hydrogens (tertiary/aromatic N) is 1. The van der Waals surface area contributed by atoms with Crippen molar-refractivity contribution in [1.29, 1.82) is 0 Å². The third kappa shape index (κ3) is 24.2. The van der Waals surface area contributed by atoms with Crippen molar-refractivity contribution in [2.75, 3.05) is 6.54 Å². The van der Waals surface area contributed by atoms with Gasteiger partial charge in [0.25, 0.3) is 5.69 Å². The fourth-order valence-electron chi connectivity index (χ4n) is 4.45. The molecule has 0 heterocycles. The topological polar surface area (TPSA) is 111 Å². The summed E-state index contributed by atoms with van der Waals surface area (Å²) in [6.45, 7) is 5.81. The number of carbonyl (C=O) groups is 1. The number of carboxylic acid groups (broad SMARTS) is 1. The Morgan fingerprint density at radius 2 is 1.00 bits per heavy atom. The third-order valence-electron chi connectivity index (χ3n) is 6.85. The van der Waals surface area contributed by atoms with E-state index < -0.39 is 10.9 Å². The molecule has 3 N–H and O–H groups in total. The van der Waals surface area contributed by atoms with E-state index in [4.69, 9.17) is 0 Å². The third-order valence-corrected chi connectivity index (χ3v) is 6.85. The Labute approximate surface area is 227 Å². The highest BCUT2D eigenvalue weighted by molar-refractivity contribution is 5.85. The molecule has 37 heavy (non-hydrogen) atoms. The van der Waals surface area contributed by atoms with Crippen LogP contribution >= 0.6 is 0 Å². The number of nitro groups is 1. The summed E-state index contributed by atoms with van der Waals surface area (Å²) in [6, 6.07) is 4.50. The first-order chi connectivity index (χ1) is 17.9. The number of benzene rings is 1. The lowest BCUT2D eigenvalue weighted by molar-refractivity contribution is -0.384. The second-order valence-electron chi connectivity index (χ2n) is 10.8. The summed E-state index contributed by atoms with van der Waals surface area (Å²) >= 11 is 0. The van der Waals surface area contributed by atoms with Crippen LogP contribution in [0.5, 0.6) is 0 Å². The van der Waals surface area contributed by atoms with Gasteiger partial charge in [-0.3, -0.25) is 10.1 Å². The van der Waals surface area contributed by atoms with Crippen molar-refractivity contribution in [1.82, 2.24) is 0 Å². The summed E-state index contributed by atoms with van der Waals surface area (Å²) in [6.07, 6.45) is 29.2. The maximum absolute atomic E-state index is 10.2. The van der Waals surface area contributed by atoms with Crippen molar-refractivity contribution >= 4 is 11.7 Å². The van der Waals surface area contributed by atoms with E-state index >= 15 is 0 Å². The van der Waals surface area contributed by atoms with Crippen molar-refractivity contribution in [3.05, 3.63) is 39.9 Å². The molecule has 1 aromatic rings. The summed E-state index contributed by atoms with van der Waals surface area (Å²) in [4.78, 5) is 19.7. The molecule has 0 aliphatic rings. The zero-order chi connectivity index (χ0) is 27.6. The van der Waals surface area contributed by atoms with Crippen LogP contribution in [-0.4, -0.2) is 17.4 Å². The Balaban J connectivity index is 0.000000893. The molecule has 6 nitrogen and oxygen atoms in total. The first-order valence-corrected chi connectivity index (χ1v) is 15.1. The van der Waals surface area contributed by atoms with E-state index in [1.165, 1.54) is 128 Å². The number of carbonyl (C=O) groups excluding carboxylic acids is 1. The summed E-state index contributed by atoms with van der Waals surface area (Å²) in [5.74, 6) is -0.446. The molecule has 0 aromatic heterocycles. The molecule has 0 spiro atoms. The molecule has 1 aromatic carbocycles. The molecule has 0 saturated heterocycles. The van der Waals surface area contributed by atoms with E-state index in [0.29, 0.717) is 0 Å². The molecule has 0 saturated carbocycles. The van der Waals surface area contributed by atoms with Crippen molar-refractivity contribution in [2.24, 2.45) is 5.92 Å². The van der Waals surface area contributed by atoms with Crippen LogP contribution in [0.25, 0.3) is 0 Å². The van der Waals surface area contributed by atoms with Gasteiger partial charge >= 0.3 is 0 Å². The first-order valence-electron chi connectivity index (χ1n) is 15.1. The average molecular weight is 521 g/mol. The number of hydrogen-bond donors (Lipinski definition) is 1. The highest BCUT2D eigenvalue weighted by Gasteiger charge is 2.03. The van der Waals surface area contributed by atoms with Gasteiger partial charge in [-0.15, -0.1) is 0 Å². The van der Waals surface area contributed by atoms with E-state index in [-0.39, 0.29) is 11.3 Å². The van der Waals surface area contributed by atoms with E-state index in [1.807, 2.05) is 0 Å². The monoisotopic (exact) mass is 520 g/mol. The largest absolute Gasteiger partial charge is 0.545 e. The van der Waals surface area contributed by atoms with Gasteiger partial charge in [-0.05, 0) is 36.5 Å². The minimum absolute atomic E-state index is 0.0689. The Morgan fingerprint density at radius 1 is 0.676 bits per heavy atom. The van der Waals surface area contributed by atoms with Crippen molar-refractivity contribution in [3.63, 3.8) is 0 Å². The number of nitro benzene ring substituents is 1. The molecular formula is C31H56N2O4. The average Bonchev–Trinajstić information content (AvgIpc) is 2.87. The molecule has 0 radical (unpaired) electrons. The smallest absolute Gasteiger partial charge is 0.269 e. The van der Waals surface area contributed by atoms with Gasteiger partial charge in [0.1, 0.15) is 0 Å². The molecule has 0 fully saturated rings. The number of non-ortho nitro benzene ring substituents is 1. The van der Waals surface area contributed by atoms with Gasteiger partial charge < -0.3 is 15.6 Å². The lowest BCUT2D eigenvalue weighted by atomic mass is 10.0. The minimum atomic E-state index is -1.34. The molecular weight excluding hydrogens is 464 g/mol. The van der Waals surface area contributed by atoms with Crippen LogP contribution in [-0.2, 0) is 0 Å². The predicted octanol–water partition coefficient (Wildman–Crippen LogP) is 7.64. The maximum atomic E-state index is 10.2. The quantitative estimate of drug-likeness (QED) is 0.0907. The second-order valence-corrected chi connectivity index (χ2v) is 10.8. The second kappa shape index (κ2) is 25.7. The van der Waals surface area contributed by atoms with Gasteiger partial charge in [-0.2, -0.15) is 0 Å². The number of hydrogen-bond acceptors (Lipinski definition) is 4. The van der Waals surface area contributed by atoms with Crippen LogP contribution < -0.4 is 10.8 Å². The van der Waals surface area contributed by atoms with Gasteiger partial charge in [-0.1, -0.05) is 129 Å². The zero-order valence-electron chi connectivity index (χ0n) is 24.0. The SMILES string of the molecule is CC(C)CCCCCCCCCCCCCCCCCCCCC[NH3+].O=C([O-])c1ccc([N+](=O)[O-])cc1. The number of aromatic carboxylic acids is 1. The molecule has 0 bridgehead atoms. The highest BCUT2D eigenvalue weighted by atomic mass is 16.6. The fourth-order valence-corrected chi connectivity index (χ4v) is 4.45. The number of unbranched alkanes of at least 4 members (excludes halogenated alkanes) is 18. The summed E-state index contributed by atoms with van der Waals surface area (Å²) in [7, 11) is 0. The Kier molecular flexibility index (Phi) is 24.3. The molecule has 0 aliphatic heterocycles. The number of quaternary nitrogens is 1. The molecule has 0 atom stereocenters. The normalized spacial score (nSPS) is 10.8. The Morgan fingerprint density at radius 3 is 1.27 bits per heavy atom. The summed E-state index contributed by atoms with van der Waals surface area (Å²) in [5, 5.41) is 20.3. The molecule has 0 unspecified atom stereocenters. The first kappa shape index (κ1) is 35.0. The molecule has 0 aliphatic carbocycles. The van der Waals surface area contributed by atoms with E-state index in [2.05, 4.69) is 19.6 Å². The summed E-state index contributed by atoms with van der Waals surface area (Å²) < 4.78 is 0. The number of carboxylic acids is 1. The van der Waals surface area contributed by atoms with Crippen LogP contribution in [0.3, 0.4) is 0 Å². The van der Waals surface area contributed by atoms with Crippen LogP contribution in [0, 0.1) is 16.0 Å². The summed E-state index contributed by atoms with van der Waals surface area (Å²) in [5.41, 5.74) is 3.70. The van der Waals surface area contributed by atoms with Gasteiger partial charge in [0.2, 0.25) is 0 Å². The molecule has 0 amide bonds. The lowest BCUT2D eigenvalue weighted by Crippen LogP contribution is -2.50. The van der Waals surface area contributed by atoms with Crippen LogP contribution in [0.15, 0.2) is 24.3 Å². The van der Waals surface area contributed by atoms with Gasteiger partial charge in [0.05, 0.1) is 17.4 Å². The predicted molar refractivity (Wildman–Crippen MR) is 152 cm³/mol. The molecule has 6 heteroatoms. The van der Waals surface area contributed by atoms with Crippen molar-refractivity contribution in [3.8, 4) is 0 Å². The van der Waals surface area contributed by atoms with Gasteiger partial charge in [0, 0.05) is 12.1 Å². The van der Waals surface area contributed by atoms with E-state index in [9.17, 15) is 20.0 Å². The van der Waals surface area contributed by atoms with E-state index in [0.717, 1.165) is 36.7 Å².